The van der Waals surface area contributed by atoms with Crippen molar-refractivity contribution in [2.75, 3.05) is 6.54 Å². The van der Waals surface area contributed by atoms with Gasteiger partial charge >= 0.3 is 0 Å². The van der Waals surface area contributed by atoms with Gasteiger partial charge in [0, 0.05) is 24.8 Å². The van der Waals surface area contributed by atoms with Gasteiger partial charge in [0.2, 0.25) is 0 Å². The van der Waals surface area contributed by atoms with Gasteiger partial charge in [0.25, 0.3) is 0 Å². The van der Waals surface area contributed by atoms with E-state index in [4.69, 9.17) is 5.26 Å². The average molecular weight is 263 g/mol. The number of hydrogen-bond donors (Lipinski definition) is 1. The standard InChI is InChI=1S/C12H11F2N5/c13-11-5-9(7-15)6-12(14)10(11)8-16-1-3-19-4-2-17-18-19/h2,4-6,16H,1,3,8H2. The highest BCUT2D eigenvalue weighted by molar-refractivity contribution is 5.34. The van der Waals surface area contributed by atoms with Crippen LogP contribution in [0.2, 0.25) is 0 Å². The van der Waals surface area contributed by atoms with Crippen molar-refractivity contribution in [3.8, 4) is 6.07 Å². The van der Waals surface area contributed by atoms with Crippen LogP contribution in [0.1, 0.15) is 11.1 Å². The first-order valence-corrected chi connectivity index (χ1v) is 5.63. The van der Waals surface area contributed by atoms with Crippen molar-refractivity contribution in [1.29, 1.82) is 5.26 Å². The summed E-state index contributed by atoms with van der Waals surface area (Å²) in [6.07, 6.45) is 3.25. The largest absolute Gasteiger partial charge is 0.311 e. The molecular weight excluding hydrogens is 252 g/mol. The second-order valence-corrected chi connectivity index (χ2v) is 3.87. The van der Waals surface area contributed by atoms with E-state index in [0.29, 0.717) is 13.1 Å². The van der Waals surface area contributed by atoms with Gasteiger partial charge in [0.05, 0.1) is 24.4 Å². The molecule has 1 aromatic heterocycles. The molecule has 98 valence electrons. The molecule has 1 aromatic carbocycles. The highest BCUT2D eigenvalue weighted by Crippen LogP contribution is 2.14. The summed E-state index contributed by atoms with van der Waals surface area (Å²) in [5.41, 5.74) is -0.0982. The van der Waals surface area contributed by atoms with Gasteiger partial charge in [-0.25, -0.2) is 8.78 Å². The van der Waals surface area contributed by atoms with Crippen molar-refractivity contribution in [2.24, 2.45) is 0 Å². The number of nitriles is 1. The fourth-order valence-corrected chi connectivity index (χ4v) is 1.60. The summed E-state index contributed by atoms with van der Waals surface area (Å²) in [6, 6.07) is 3.75. The van der Waals surface area contributed by atoms with E-state index in [9.17, 15) is 8.78 Å². The van der Waals surface area contributed by atoms with E-state index in [0.717, 1.165) is 12.1 Å². The van der Waals surface area contributed by atoms with Gasteiger partial charge in [-0.1, -0.05) is 5.21 Å². The van der Waals surface area contributed by atoms with Crippen molar-refractivity contribution in [2.45, 2.75) is 13.1 Å². The molecule has 0 spiro atoms. The third kappa shape index (κ3) is 3.33. The summed E-state index contributed by atoms with van der Waals surface area (Å²) in [6.45, 7) is 1.11. The first-order chi connectivity index (χ1) is 9.20. The quantitative estimate of drug-likeness (QED) is 0.824. The Morgan fingerprint density at radius 2 is 2.05 bits per heavy atom. The van der Waals surface area contributed by atoms with Crippen molar-refractivity contribution in [3.05, 3.63) is 47.3 Å². The predicted octanol–water partition coefficient (Wildman–Crippen LogP) is 1.22. The SMILES string of the molecule is N#Cc1cc(F)c(CNCCn2ccnn2)c(F)c1. The Hall–Kier alpha value is -2.33. The lowest BCUT2D eigenvalue weighted by atomic mass is 10.1. The first-order valence-electron chi connectivity index (χ1n) is 5.63. The minimum absolute atomic E-state index is 0.0265. The monoisotopic (exact) mass is 263 g/mol. The lowest BCUT2D eigenvalue weighted by Gasteiger charge is -2.07. The number of nitrogens with one attached hydrogen (secondary N) is 1. The number of halogens is 2. The Labute approximate surface area is 108 Å². The lowest BCUT2D eigenvalue weighted by molar-refractivity contribution is 0.508. The van der Waals surface area contributed by atoms with E-state index in [1.54, 1.807) is 23.1 Å². The van der Waals surface area contributed by atoms with Crippen molar-refractivity contribution < 1.29 is 8.78 Å². The summed E-state index contributed by atoms with van der Waals surface area (Å²) < 4.78 is 28.7. The van der Waals surface area contributed by atoms with E-state index in [-0.39, 0.29) is 17.7 Å². The molecule has 2 rings (SSSR count). The minimum Gasteiger partial charge on any atom is -0.311 e. The van der Waals surface area contributed by atoms with Crippen LogP contribution in [-0.4, -0.2) is 21.5 Å². The number of nitrogens with zero attached hydrogens (tertiary/aromatic N) is 4. The van der Waals surface area contributed by atoms with Crippen LogP contribution in [0.25, 0.3) is 0 Å². The van der Waals surface area contributed by atoms with Crippen LogP contribution in [0.15, 0.2) is 24.5 Å². The fourth-order valence-electron chi connectivity index (χ4n) is 1.60. The van der Waals surface area contributed by atoms with Crippen LogP contribution in [-0.2, 0) is 13.1 Å². The molecule has 0 unspecified atom stereocenters. The molecule has 0 fully saturated rings. The fraction of sp³-hybridized carbons (Fsp3) is 0.250. The van der Waals surface area contributed by atoms with Gasteiger partial charge in [-0.3, -0.25) is 4.68 Å². The predicted molar refractivity (Wildman–Crippen MR) is 62.8 cm³/mol. The van der Waals surface area contributed by atoms with Crippen LogP contribution in [0.4, 0.5) is 8.78 Å². The maximum Gasteiger partial charge on any atom is 0.131 e. The zero-order valence-corrected chi connectivity index (χ0v) is 9.98. The second kappa shape index (κ2) is 6.02. The maximum absolute atomic E-state index is 13.5. The molecule has 5 nitrogen and oxygen atoms in total. The minimum atomic E-state index is -0.718. The average Bonchev–Trinajstić information content (AvgIpc) is 2.89. The Kier molecular flexibility index (Phi) is 4.15. The van der Waals surface area contributed by atoms with Gasteiger partial charge in [-0.2, -0.15) is 5.26 Å². The number of hydrogen-bond acceptors (Lipinski definition) is 4. The van der Waals surface area contributed by atoms with Crippen LogP contribution >= 0.6 is 0 Å². The van der Waals surface area contributed by atoms with Crippen LogP contribution < -0.4 is 5.32 Å². The molecule has 0 radical (unpaired) electrons. The van der Waals surface area contributed by atoms with Gasteiger partial charge < -0.3 is 5.32 Å². The summed E-state index contributed by atoms with van der Waals surface area (Å²) in [5.74, 6) is -1.44. The molecule has 0 aliphatic rings. The van der Waals surface area contributed by atoms with E-state index >= 15 is 0 Å². The number of aromatic nitrogens is 3. The molecule has 0 atom stereocenters. The van der Waals surface area contributed by atoms with E-state index < -0.39 is 11.6 Å². The molecule has 0 saturated carbocycles. The molecule has 7 heteroatoms. The van der Waals surface area contributed by atoms with E-state index in [1.165, 1.54) is 0 Å². The summed E-state index contributed by atoms with van der Waals surface area (Å²) in [4.78, 5) is 0. The van der Waals surface area contributed by atoms with Gasteiger partial charge in [0.1, 0.15) is 11.6 Å². The van der Waals surface area contributed by atoms with Crippen LogP contribution in [0.3, 0.4) is 0 Å². The van der Waals surface area contributed by atoms with Gasteiger partial charge in [-0.15, -0.1) is 5.10 Å². The first kappa shape index (κ1) is 13.1. The van der Waals surface area contributed by atoms with Crippen LogP contribution in [0, 0.1) is 23.0 Å². The Morgan fingerprint density at radius 3 is 2.63 bits per heavy atom. The second-order valence-electron chi connectivity index (χ2n) is 3.87. The van der Waals surface area contributed by atoms with Crippen molar-refractivity contribution >= 4 is 0 Å². The Balaban J connectivity index is 1.91. The summed E-state index contributed by atoms with van der Waals surface area (Å²) >= 11 is 0. The summed E-state index contributed by atoms with van der Waals surface area (Å²) in [7, 11) is 0. The third-order valence-corrected chi connectivity index (χ3v) is 2.56. The lowest BCUT2D eigenvalue weighted by Crippen LogP contribution is -2.21. The number of rotatable bonds is 5. The third-order valence-electron chi connectivity index (χ3n) is 2.56. The molecule has 0 aliphatic heterocycles. The zero-order valence-electron chi connectivity index (χ0n) is 9.98. The molecule has 19 heavy (non-hydrogen) atoms. The Bertz CT molecular complexity index is 566. The van der Waals surface area contributed by atoms with E-state index in [1.807, 2.05) is 0 Å². The van der Waals surface area contributed by atoms with Gasteiger partial charge in [-0.05, 0) is 12.1 Å². The van der Waals surface area contributed by atoms with E-state index in [2.05, 4.69) is 15.6 Å². The Morgan fingerprint density at radius 1 is 1.32 bits per heavy atom. The zero-order chi connectivity index (χ0) is 13.7. The molecular formula is C12H11F2N5. The smallest absolute Gasteiger partial charge is 0.131 e. The highest BCUT2D eigenvalue weighted by atomic mass is 19.1. The molecule has 1 heterocycles. The topological polar surface area (TPSA) is 66.5 Å². The molecule has 0 aliphatic carbocycles. The molecule has 0 saturated heterocycles. The highest BCUT2D eigenvalue weighted by Gasteiger charge is 2.10. The van der Waals surface area contributed by atoms with Crippen LogP contribution in [0.5, 0.6) is 0 Å². The molecule has 0 amide bonds. The number of benzene rings is 1. The molecule has 1 N–H and O–H groups in total. The molecule has 0 bridgehead atoms. The molecule has 2 aromatic rings. The normalized spacial score (nSPS) is 10.4. The van der Waals surface area contributed by atoms with Crippen molar-refractivity contribution in [1.82, 2.24) is 20.3 Å². The van der Waals surface area contributed by atoms with Gasteiger partial charge in [0.15, 0.2) is 0 Å². The maximum atomic E-state index is 13.5. The van der Waals surface area contributed by atoms with Crippen molar-refractivity contribution in [3.63, 3.8) is 0 Å². The summed E-state index contributed by atoms with van der Waals surface area (Å²) in [5, 5.41) is 18.9.